The van der Waals surface area contributed by atoms with Crippen LogP contribution in [0, 0.1) is 0 Å². The summed E-state index contributed by atoms with van der Waals surface area (Å²) in [5, 5.41) is 3.80. The van der Waals surface area contributed by atoms with E-state index in [1.807, 2.05) is 0 Å². The van der Waals surface area contributed by atoms with Gasteiger partial charge in [0.15, 0.2) is 5.82 Å². The predicted octanol–water partition coefficient (Wildman–Crippen LogP) is 1.48. The maximum Gasteiger partial charge on any atom is 0.258 e. The third-order valence-electron chi connectivity index (χ3n) is 3.26. The molecule has 0 radical (unpaired) electrons. The summed E-state index contributed by atoms with van der Waals surface area (Å²) in [6.07, 6.45) is 2.10. The molecule has 1 aromatic heterocycles. The molecule has 0 aromatic carbocycles. The molecule has 0 unspecified atom stereocenters. The SMILES string of the molecule is COCCN(c1snc(N)c1C(=O)NC1CC1)C(C)C. The van der Waals surface area contributed by atoms with E-state index in [1.54, 1.807) is 7.11 Å². The van der Waals surface area contributed by atoms with Gasteiger partial charge in [-0.1, -0.05) is 0 Å². The molecule has 1 heterocycles. The monoisotopic (exact) mass is 298 g/mol. The molecular weight excluding hydrogens is 276 g/mol. The average molecular weight is 298 g/mol. The fourth-order valence-electron chi connectivity index (χ4n) is 1.97. The van der Waals surface area contributed by atoms with Gasteiger partial charge < -0.3 is 20.7 Å². The minimum absolute atomic E-state index is 0.114. The van der Waals surface area contributed by atoms with Crippen LogP contribution in [0.5, 0.6) is 0 Å². The number of nitrogens with one attached hydrogen (secondary N) is 1. The first-order valence-electron chi connectivity index (χ1n) is 6.86. The highest BCUT2D eigenvalue weighted by Gasteiger charge is 2.29. The Bertz CT molecular complexity index is 471. The molecule has 7 heteroatoms. The van der Waals surface area contributed by atoms with E-state index in [1.165, 1.54) is 11.5 Å². The van der Waals surface area contributed by atoms with E-state index in [-0.39, 0.29) is 11.9 Å². The van der Waals surface area contributed by atoms with Crippen LogP contribution in [-0.4, -0.2) is 42.6 Å². The average Bonchev–Trinajstić information content (AvgIpc) is 3.11. The van der Waals surface area contributed by atoms with Crippen molar-refractivity contribution in [1.82, 2.24) is 9.69 Å². The molecule has 0 bridgehead atoms. The Morgan fingerprint density at radius 3 is 2.85 bits per heavy atom. The van der Waals surface area contributed by atoms with Crippen molar-refractivity contribution in [3.8, 4) is 0 Å². The van der Waals surface area contributed by atoms with Gasteiger partial charge in [0.2, 0.25) is 0 Å². The molecule has 1 saturated carbocycles. The Morgan fingerprint density at radius 2 is 2.30 bits per heavy atom. The molecule has 3 N–H and O–H groups in total. The smallest absolute Gasteiger partial charge is 0.258 e. The van der Waals surface area contributed by atoms with Gasteiger partial charge in [0.1, 0.15) is 10.6 Å². The number of nitrogens with zero attached hydrogens (tertiary/aromatic N) is 2. The van der Waals surface area contributed by atoms with Crippen LogP contribution in [0.3, 0.4) is 0 Å². The number of hydrogen-bond acceptors (Lipinski definition) is 6. The lowest BCUT2D eigenvalue weighted by atomic mass is 10.2. The summed E-state index contributed by atoms with van der Waals surface area (Å²) < 4.78 is 9.29. The van der Waals surface area contributed by atoms with Gasteiger partial charge in [-0.2, -0.15) is 4.37 Å². The summed E-state index contributed by atoms with van der Waals surface area (Å²) in [7, 11) is 1.67. The Labute approximate surface area is 123 Å². The number of carbonyl (C=O) groups excluding carboxylic acids is 1. The van der Waals surface area contributed by atoms with Gasteiger partial charge in [0.25, 0.3) is 5.91 Å². The maximum atomic E-state index is 12.3. The Hall–Kier alpha value is -1.34. The van der Waals surface area contributed by atoms with E-state index in [2.05, 4.69) is 28.4 Å². The zero-order valence-corrected chi connectivity index (χ0v) is 13.0. The van der Waals surface area contributed by atoms with Crippen LogP contribution in [0.1, 0.15) is 37.0 Å². The van der Waals surface area contributed by atoms with Crippen molar-refractivity contribution < 1.29 is 9.53 Å². The third-order valence-corrected chi connectivity index (χ3v) is 4.16. The molecule has 1 aliphatic carbocycles. The van der Waals surface area contributed by atoms with Crippen LogP contribution in [0.25, 0.3) is 0 Å². The van der Waals surface area contributed by atoms with Crippen LogP contribution in [0.4, 0.5) is 10.8 Å². The molecule has 0 atom stereocenters. The number of anilines is 2. The zero-order chi connectivity index (χ0) is 14.7. The highest BCUT2D eigenvalue weighted by Crippen LogP contribution is 2.32. The summed E-state index contributed by atoms with van der Waals surface area (Å²) in [5.74, 6) is 0.197. The fourth-order valence-corrected chi connectivity index (χ4v) is 2.94. The zero-order valence-electron chi connectivity index (χ0n) is 12.2. The van der Waals surface area contributed by atoms with Gasteiger partial charge in [-0.3, -0.25) is 4.79 Å². The fraction of sp³-hybridized carbons (Fsp3) is 0.692. The largest absolute Gasteiger partial charge is 0.383 e. The minimum atomic E-state index is -0.114. The third kappa shape index (κ3) is 3.40. The summed E-state index contributed by atoms with van der Waals surface area (Å²) in [4.78, 5) is 14.4. The second-order valence-electron chi connectivity index (χ2n) is 5.28. The van der Waals surface area contributed by atoms with Crippen molar-refractivity contribution in [2.75, 3.05) is 30.9 Å². The topological polar surface area (TPSA) is 80.5 Å². The molecule has 0 aliphatic heterocycles. The van der Waals surface area contributed by atoms with Gasteiger partial charge in [0.05, 0.1) is 6.61 Å². The second-order valence-corrected chi connectivity index (χ2v) is 6.03. The van der Waals surface area contributed by atoms with Crippen LogP contribution in [-0.2, 0) is 4.74 Å². The first-order valence-corrected chi connectivity index (χ1v) is 7.63. The molecule has 1 aromatic rings. The van der Waals surface area contributed by atoms with Crippen molar-refractivity contribution in [3.63, 3.8) is 0 Å². The Balaban J connectivity index is 2.22. The standard InChI is InChI=1S/C13H22N4O2S/c1-8(2)17(6-7-19-3)13-10(11(14)16-20-13)12(18)15-9-4-5-9/h8-9H,4-7H2,1-3H3,(H2,14,16)(H,15,18). The van der Waals surface area contributed by atoms with Crippen molar-refractivity contribution >= 4 is 28.3 Å². The number of nitrogens with two attached hydrogens (primary N) is 1. The summed E-state index contributed by atoms with van der Waals surface area (Å²) >= 11 is 1.27. The molecule has 112 valence electrons. The Kier molecular flexibility index (Phi) is 4.82. The van der Waals surface area contributed by atoms with E-state index in [0.29, 0.717) is 30.6 Å². The van der Waals surface area contributed by atoms with Crippen molar-refractivity contribution in [2.24, 2.45) is 0 Å². The summed E-state index contributed by atoms with van der Waals surface area (Å²) in [6, 6.07) is 0.554. The van der Waals surface area contributed by atoms with Crippen LogP contribution >= 0.6 is 11.5 Å². The first kappa shape index (κ1) is 15.1. The lowest BCUT2D eigenvalue weighted by molar-refractivity contribution is 0.0952. The number of rotatable bonds is 7. The highest BCUT2D eigenvalue weighted by molar-refractivity contribution is 7.11. The van der Waals surface area contributed by atoms with Gasteiger partial charge in [-0.25, -0.2) is 0 Å². The normalized spacial score (nSPS) is 14.6. The molecule has 0 spiro atoms. The van der Waals surface area contributed by atoms with E-state index in [0.717, 1.165) is 17.8 Å². The quantitative estimate of drug-likeness (QED) is 0.797. The molecular formula is C13H22N4O2S. The molecule has 1 amide bonds. The van der Waals surface area contributed by atoms with E-state index in [4.69, 9.17) is 10.5 Å². The van der Waals surface area contributed by atoms with Gasteiger partial charge >= 0.3 is 0 Å². The van der Waals surface area contributed by atoms with Crippen LogP contribution < -0.4 is 16.0 Å². The lowest BCUT2D eigenvalue weighted by Gasteiger charge is -2.27. The molecule has 1 aliphatic rings. The molecule has 2 rings (SSSR count). The number of ether oxygens (including phenoxy) is 1. The number of nitrogen functional groups attached to an aromatic ring is 1. The molecule has 20 heavy (non-hydrogen) atoms. The van der Waals surface area contributed by atoms with Crippen LogP contribution in [0.15, 0.2) is 0 Å². The van der Waals surface area contributed by atoms with Gasteiger partial charge in [-0.15, -0.1) is 0 Å². The number of carbonyl (C=O) groups is 1. The van der Waals surface area contributed by atoms with Gasteiger partial charge in [-0.05, 0) is 38.2 Å². The first-order chi connectivity index (χ1) is 9.54. The van der Waals surface area contributed by atoms with Crippen molar-refractivity contribution in [2.45, 2.75) is 38.8 Å². The number of hydrogen-bond donors (Lipinski definition) is 2. The van der Waals surface area contributed by atoms with E-state index >= 15 is 0 Å². The number of aromatic nitrogens is 1. The summed E-state index contributed by atoms with van der Waals surface area (Å²) in [5.41, 5.74) is 6.39. The highest BCUT2D eigenvalue weighted by atomic mass is 32.1. The Morgan fingerprint density at radius 1 is 1.60 bits per heavy atom. The lowest BCUT2D eigenvalue weighted by Crippen LogP contribution is -2.35. The molecule has 1 fully saturated rings. The van der Waals surface area contributed by atoms with Gasteiger partial charge in [0, 0.05) is 25.7 Å². The maximum absolute atomic E-state index is 12.3. The second kappa shape index (κ2) is 6.41. The summed E-state index contributed by atoms with van der Waals surface area (Å²) in [6.45, 7) is 5.46. The molecule has 0 saturated heterocycles. The van der Waals surface area contributed by atoms with Crippen LogP contribution in [0.2, 0.25) is 0 Å². The minimum Gasteiger partial charge on any atom is -0.383 e. The molecule has 6 nitrogen and oxygen atoms in total. The number of methoxy groups -OCH3 is 1. The van der Waals surface area contributed by atoms with Crippen molar-refractivity contribution in [1.29, 1.82) is 0 Å². The van der Waals surface area contributed by atoms with E-state index in [9.17, 15) is 4.79 Å². The predicted molar refractivity (Wildman–Crippen MR) is 81.4 cm³/mol. The number of amides is 1. The van der Waals surface area contributed by atoms with E-state index < -0.39 is 0 Å². The van der Waals surface area contributed by atoms with Crippen molar-refractivity contribution in [3.05, 3.63) is 5.56 Å².